The van der Waals surface area contributed by atoms with Crippen molar-refractivity contribution >= 4 is 43.4 Å². The van der Waals surface area contributed by atoms with Gasteiger partial charge in [-0.1, -0.05) is 68.2 Å². The Morgan fingerprint density at radius 3 is 2.33 bits per heavy atom. The fourth-order valence-electron chi connectivity index (χ4n) is 5.89. The minimum Gasteiger partial charge on any atom is -0.465 e. The number of methoxy groups -OCH3 is 1. The zero-order chi connectivity index (χ0) is 33.4. The van der Waals surface area contributed by atoms with Crippen molar-refractivity contribution in [1.29, 1.82) is 0 Å². The molecule has 1 aliphatic heterocycles. The monoisotopic (exact) mass is 682 g/mol. The Hall–Kier alpha value is -2.75. The first-order valence-corrected chi connectivity index (χ1v) is 19.5. The van der Waals surface area contributed by atoms with Crippen molar-refractivity contribution in [3.05, 3.63) is 99.3 Å². The standard InChI is InChI=1S/C36H44Cl2N2O5Si/c1-35(2,3)46(6,7)44-22-30(23-11-12-23)40-31(24-13-16-27(37)17-14-24)32(25-9-8-10-28(38)19-25)45-36(4,34(40)42)20-29-18-15-26(21-39-29)33(41)43-5/h8-10,13-19,21,23,30-32H,11-12,20,22H2,1-7H3/t30?,31?,32-,36+/m1/s1. The molecule has 246 valence electrons. The number of amides is 1. The molecule has 3 aromatic rings. The van der Waals surface area contributed by atoms with Gasteiger partial charge in [-0.3, -0.25) is 9.78 Å². The van der Waals surface area contributed by atoms with E-state index in [9.17, 15) is 4.79 Å². The average Bonchev–Trinajstić information content (AvgIpc) is 3.85. The number of hydrogen-bond donors (Lipinski definition) is 0. The fraction of sp³-hybridized carbons (Fsp3) is 0.472. The highest BCUT2D eigenvalue weighted by molar-refractivity contribution is 6.74. The second-order valence-corrected chi connectivity index (χ2v) is 19.9. The first-order chi connectivity index (χ1) is 21.6. The van der Waals surface area contributed by atoms with E-state index in [1.807, 2.05) is 60.4 Å². The van der Waals surface area contributed by atoms with Crippen molar-refractivity contribution in [3.63, 3.8) is 0 Å². The van der Waals surface area contributed by atoms with Crippen LogP contribution in [-0.2, 0) is 25.1 Å². The molecule has 2 fully saturated rings. The van der Waals surface area contributed by atoms with Gasteiger partial charge in [0.25, 0.3) is 5.91 Å². The number of hydrogen-bond acceptors (Lipinski definition) is 6. The Morgan fingerprint density at radius 1 is 1.07 bits per heavy atom. The van der Waals surface area contributed by atoms with Gasteiger partial charge in [0, 0.05) is 28.4 Å². The van der Waals surface area contributed by atoms with Crippen LogP contribution in [0.1, 0.15) is 79.9 Å². The first-order valence-electron chi connectivity index (χ1n) is 15.8. The van der Waals surface area contributed by atoms with E-state index in [2.05, 4.69) is 38.8 Å². The highest BCUT2D eigenvalue weighted by atomic mass is 35.5. The number of ether oxygens (including phenoxy) is 2. The van der Waals surface area contributed by atoms with Gasteiger partial charge in [0.1, 0.15) is 6.10 Å². The van der Waals surface area contributed by atoms with Crippen molar-refractivity contribution in [2.75, 3.05) is 13.7 Å². The zero-order valence-electron chi connectivity index (χ0n) is 27.7. The summed E-state index contributed by atoms with van der Waals surface area (Å²) in [5.41, 5.74) is 1.47. The van der Waals surface area contributed by atoms with Crippen molar-refractivity contribution in [2.45, 2.75) is 88.9 Å². The summed E-state index contributed by atoms with van der Waals surface area (Å²) < 4.78 is 18.7. The highest BCUT2D eigenvalue weighted by Gasteiger charge is 2.55. The number of pyridine rings is 1. The number of halogens is 2. The summed E-state index contributed by atoms with van der Waals surface area (Å²) in [6.45, 7) is 13.5. The predicted molar refractivity (Wildman–Crippen MR) is 184 cm³/mol. The van der Waals surface area contributed by atoms with Crippen LogP contribution in [-0.4, -0.2) is 55.4 Å². The van der Waals surface area contributed by atoms with Gasteiger partial charge in [-0.05, 0) is 91.3 Å². The Bertz CT molecular complexity index is 1560. The van der Waals surface area contributed by atoms with Crippen LogP contribution in [0.25, 0.3) is 0 Å². The van der Waals surface area contributed by atoms with Crippen LogP contribution in [0.3, 0.4) is 0 Å². The maximum absolute atomic E-state index is 15.1. The van der Waals surface area contributed by atoms with Crippen LogP contribution in [0.15, 0.2) is 66.9 Å². The molecule has 5 rings (SSSR count). The molecular formula is C36H44Cl2N2O5Si. The number of rotatable bonds is 10. The lowest BCUT2D eigenvalue weighted by Gasteiger charge is -2.52. The lowest BCUT2D eigenvalue weighted by Crippen LogP contribution is -2.62. The molecule has 1 aromatic heterocycles. The van der Waals surface area contributed by atoms with Crippen molar-refractivity contribution < 1.29 is 23.5 Å². The molecule has 10 heteroatoms. The largest absolute Gasteiger partial charge is 0.465 e. The summed E-state index contributed by atoms with van der Waals surface area (Å²) in [6, 6.07) is 18.1. The van der Waals surface area contributed by atoms with Gasteiger partial charge < -0.3 is 18.8 Å². The summed E-state index contributed by atoms with van der Waals surface area (Å²) in [7, 11) is -0.803. The van der Waals surface area contributed by atoms with Crippen LogP contribution in [0.2, 0.25) is 28.2 Å². The fourth-order valence-corrected chi connectivity index (χ4v) is 7.24. The maximum atomic E-state index is 15.1. The topological polar surface area (TPSA) is 78.0 Å². The Kier molecular flexibility index (Phi) is 10.1. The third-order valence-electron chi connectivity index (χ3n) is 9.76. The molecule has 4 atom stereocenters. The normalized spacial score (nSPS) is 22.9. The molecule has 1 aliphatic carbocycles. The van der Waals surface area contributed by atoms with E-state index in [0.29, 0.717) is 33.8 Å². The smallest absolute Gasteiger partial charge is 0.339 e. The molecule has 1 saturated heterocycles. The van der Waals surface area contributed by atoms with E-state index in [0.717, 1.165) is 24.0 Å². The van der Waals surface area contributed by atoms with Gasteiger partial charge in [0.2, 0.25) is 0 Å². The van der Waals surface area contributed by atoms with E-state index in [1.54, 1.807) is 12.1 Å². The SMILES string of the molecule is COC(=O)c1ccc(C[C@]2(C)O[C@H](c3cccc(Cl)c3)C(c3ccc(Cl)cc3)N(C(CO[Si](C)(C)C(C)(C)C)C3CC3)C2=O)nc1. The molecular weight excluding hydrogens is 639 g/mol. The van der Waals surface area contributed by atoms with E-state index >= 15 is 4.79 Å². The molecule has 2 aliphatic rings. The maximum Gasteiger partial charge on any atom is 0.339 e. The second kappa shape index (κ2) is 13.4. The number of carbonyl (C=O) groups is 2. The molecule has 1 amide bonds. The number of benzene rings is 2. The van der Waals surface area contributed by atoms with Gasteiger partial charge in [0.05, 0.1) is 31.4 Å². The molecule has 1 saturated carbocycles. The lowest BCUT2D eigenvalue weighted by molar-refractivity contribution is -0.205. The van der Waals surface area contributed by atoms with Crippen LogP contribution in [0, 0.1) is 5.92 Å². The molecule has 0 spiro atoms. The molecule has 2 heterocycles. The average molecular weight is 684 g/mol. The summed E-state index contributed by atoms with van der Waals surface area (Å²) in [4.78, 5) is 33.7. The summed E-state index contributed by atoms with van der Waals surface area (Å²) in [6.07, 6.45) is 3.18. The molecule has 0 radical (unpaired) electrons. The number of aromatic nitrogens is 1. The van der Waals surface area contributed by atoms with E-state index < -0.39 is 32.0 Å². The van der Waals surface area contributed by atoms with E-state index in [-0.39, 0.29) is 23.4 Å². The van der Waals surface area contributed by atoms with Crippen molar-refractivity contribution in [1.82, 2.24) is 9.88 Å². The summed E-state index contributed by atoms with van der Waals surface area (Å²) in [5, 5.41) is 1.22. The molecule has 7 nitrogen and oxygen atoms in total. The van der Waals surface area contributed by atoms with Crippen LogP contribution in [0.5, 0.6) is 0 Å². The van der Waals surface area contributed by atoms with Gasteiger partial charge in [-0.2, -0.15) is 0 Å². The molecule has 0 N–H and O–H groups in total. The van der Waals surface area contributed by atoms with Gasteiger partial charge >= 0.3 is 5.97 Å². The quantitative estimate of drug-likeness (QED) is 0.157. The van der Waals surface area contributed by atoms with Crippen LogP contribution >= 0.6 is 23.2 Å². The zero-order valence-corrected chi connectivity index (χ0v) is 30.2. The first kappa shape index (κ1) is 34.6. The summed E-state index contributed by atoms with van der Waals surface area (Å²) in [5.74, 6) is -0.286. The van der Waals surface area contributed by atoms with Crippen molar-refractivity contribution in [3.8, 4) is 0 Å². The van der Waals surface area contributed by atoms with Gasteiger partial charge in [0.15, 0.2) is 13.9 Å². The van der Waals surface area contributed by atoms with Crippen LogP contribution < -0.4 is 0 Å². The third kappa shape index (κ3) is 7.36. The minimum absolute atomic E-state index is 0.0194. The number of nitrogens with zero attached hydrogens (tertiary/aromatic N) is 2. The number of carbonyl (C=O) groups excluding carboxylic acids is 2. The molecule has 2 unspecified atom stereocenters. The highest BCUT2D eigenvalue weighted by Crippen LogP contribution is 2.51. The van der Waals surface area contributed by atoms with Crippen LogP contribution in [0.4, 0.5) is 0 Å². The molecule has 46 heavy (non-hydrogen) atoms. The number of morpholine rings is 1. The molecule has 0 bridgehead atoms. The van der Waals surface area contributed by atoms with Gasteiger partial charge in [-0.15, -0.1) is 0 Å². The van der Waals surface area contributed by atoms with Crippen molar-refractivity contribution in [2.24, 2.45) is 5.92 Å². The Morgan fingerprint density at radius 2 is 1.76 bits per heavy atom. The Balaban J connectivity index is 1.62. The minimum atomic E-state index is -2.13. The Labute approximate surface area is 283 Å². The number of esters is 1. The third-order valence-corrected chi connectivity index (χ3v) is 14.7. The van der Waals surface area contributed by atoms with E-state index in [1.165, 1.54) is 13.3 Å². The lowest BCUT2D eigenvalue weighted by atomic mass is 9.85. The van der Waals surface area contributed by atoms with Gasteiger partial charge in [-0.25, -0.2) is 4.79 Å². The predicted octanol–water partition coefficient (Wildman–Crippen LogP) is 8.62. The molecule has 2 aromatic carbocycles. The second-order valence-electron chi connectivity index (χ2n) is 14.2. The summed E-state index contributed by atoms with van der Waals surface area (Å²) >= 11 is 12.9. The van der Waals surface area contributed by atoms with E-state index in [4.69, 9.17) is 37.1 Å².